The van der Waals surface area contributed by atoms with Crippen LogP contribution in [0.1, 0.15) is 5.69 Å². The van der Waals surface area contributed by atoms with Crippen molar-refractivity contribution >= 4 is 28.8 Å². The zero-order chi connectivity index (χ0) is 16.6. The van der Waals surface area contributed by atoms with Gasteiger partial charge in [-0.05, 0) is 19.1 Å². The van der Waals surface area contributed by atoms with Gasteiger partial charge in [0, 0.05) is 16.8 Å². The second-order valence-electron chi connectivity index (χ2n) is 5.73. The van der Waals surface area contributed by atoms with Crippen LogP contribution in [0.3, 0.4) is 0 Å². The lowest BCUT2D eigenvalue weighted by Crippen LogP contribution is -2.29. The van der Waals surface area contributed by atoms with Crippen LogP contribution in [0.5, 0.6) is 0 Å². The first kappa shape index (κ1) is 14.9. The predicted molar refractivity (Wildman–Crippen MR) is 99.3 cm³/mol. The smallest absolute Gasteiger partial charge is 0.188 e. The van der Waals surface area contributed by atoms with Gasteiger partial charge in [0.05, 0.1) is 5.69 Å². The number of pyridine rings is 1. The molecule has 4 aromatic rings. The average Bonchev–Trinajstić information content (AvgIpc) is 2.99. The fourth-order valence-electron chi connectivity index (χ4n) is 3.15. The third kappa shape index (κ3) is 2.21. The number of hydrogen-bond acceptors (Lipinski definition) is 2. The van der Waals surface area contributed by atoms with Gasteiger partial charge in [-0.1, -0.05) is 66.7 Å². The SMILES string of the molecule is Cc1nc2ccccn2c1P(=O)(c1ccccc1)c1ccccc1. The molecule has 0 spiro atoms. The summed E-state index contributed by atoms with van der Waals surface area (Å²) in [6.45, 7) is 1.93. The van der Waals surface area contributed by atoms with Crippen molar-refractivity contribution in [3.63, 3.8) is 0 Å². The van der Waals surface area contributed by atoms with Gasteiger partial charge in [-0.25, -0.2) is 4.98 Å². The maximum Gasteiger partial charge on any atom is 0.188 e. The van der Waals surface area contributed by atoms with E-state index in [0.29, 0.717) is 0 Å². The van der Waals surface area contributed by atoms with Gasteiger partial charge in [0.15, 0.2) is 7.14 Å². The van der Waals surface area contributed by atoms with Gasteiger partial charge < -0.3 is 4.57 Å². The van der Waals surface area contributed by atoms with E-state index in [0.717, 1.165) is 27.4 Å². The maximum atomic E-state index is 14.5. The Morgan fingerprint density at radius 2 is 1.33 bits per heavy atom. The highest BCUT2D eigenvalue weighted by Gasteiger charge is 2.34. The zero-order valence-corrected chi connectivity index (χ0v) is 14.2. The van der Waals surface area contributed by atoms with Crippen LogP contribution in [0.15, 0.2) is 85.1 Å². The molecular formula is C20H17N2OP. The number of fused-ring (bicyclic) bond motifs is 1. The van der Waals surface area contributed by atoms with Crippen molar-refractivity contribution in [1.82, 2.24) is 9.38 Å². The molecule has 0 fully saturated rings. The number of rotatable bonds is 3. The van der Waals surface area contributed by atoms with Crippen molar-refractivity contribution in [3.05, 3.63) is 90.8 Å². The van der Waals surface area contributed by atoms with E-state index in [1.165, 1.54) is 0 Å². The Bertz CT molecular complexity index is 996. The highest BCUT2D eigenvalue weighted by atomic mass is 31.2. The lowest BCUT2D eigenvalue weighted by atomic mass is 10.4. The Morgan fingerprint density at radius 3 is 1.92 bits per heavy atom. The number of aromatic nitrogens is 2. The summed E-state index contributed by atoms with van der Waals surface area (Å²) in [7, 11) is -3.01. The minimum absolute atomic E-state index is 0.774. The summed E-state index contributed by atoms with van der Waals surface area (Å²) < 4.78 is 16.4. The van der Waals surface area contributed by atoms with Gasteiger partial charge >= 0.3 is 0 Å². The Kier molecular flexibility index (Phi) is 3.59. The molecule has 0 unspecified atom stereocenters. The van der Waals surface area contributed by atoms with Crippen LogP contribution in [0.25, 0.3) is 5.65 Å². The van der Waals surface area contributed by atoms with Crippen LogP contribution >= 0.6 is 7.14 Å². The Labute approximate surface area is 141 Å². The number of imidazole rings is 1. The monoisotopic (exact) mass is 332 g/mol. The van der Waals surface area contributed by atoms with Crippen LogP contribution in [0.2, 0.25) is 0 Å². The van der Waals surface area contributed by atoms with Gasteiger partial charge in [0.2, 0.25) is 0 Å². The highest BCUT2D eigenvalue weighted by Crippen LogP contribution is 2.43. The Balaban J connectivity index is 2.11. The van der Waals surface area contributed by atoms with Crippen molar-refractivity contribution in [2.24, 2.45) is 0 Å². The van der Waals surface area contributed by atoms with Gasteiger partial charge in [-0.2, -0.15) is 0 Å². The largest absolute Gasteiger partial charge is 0.307 e. The quantitative estimate of drug-likeness (QED) is 0.540. The predicted octanol–water partition coefficient (Wildman–Crippen LogP) is 3.28. The molecule has 0 amide bonds. The van der Waals surface area contributed by atoms with E-state index in [9.17, 15) is 4.57 Å². The highest BCUT2D eigenvalue weighted by molar-refractivity contribution is 7.85. The summed E-state index contributed by atoms with van der Waals surface area (Å²) in [6.07, 6.45) is 1.93. The van der Waals surface area contributed by atoms with Crippen molar-refractivity contribution < 1.29 is 4.57 Å². The summed E-state index contributed by atoms with van der Waals surface area (Å²) >= 11 is 0. The molecule has 0 bridgehead atoms. The summed E-state index contributed by atoms with van der Waals surface area (Å²) in [6, 6.07) is 25.2. The molecule has 0 N–H and O–H groups in total. The first-order chi connectivity index (χ1) is 11.7. The topological polar surface area (TPSA) is 34.4 Å². The molecule has 2 heterocycles. The molecule has 2 aromatic carbocycles. The number of nitrogens with zero attached hydrogens (tertiary/aromatic N) is 2. The molecule has 0 aliphatic heterocycles. The molecule has 2 aromatic heterocycles. The first-order valence-electron chi connectivity index (χ1n) is 7.87. The van der Waals surface area contributed by atoms with E-state index in [4.69, 9.17) is 0 Å². The summed E-state index contributed by atoms with van der Waals surface area (Å²) in [5.41, 5.74) is 2.39. The molecule has 4 heteroatoms. The van der Waals surface area contributed by atoms with Crippen LogP contribution < -0.4 is 16.0 Å². The van der Waals surface area contributed by atoms with Crippen molar-refractivity contribution in [2.45, 2.75) is 6.92 Å². The lowest BCUT2D eigenvalue weighted by Gasteiger charge is -2.20. The molecule has 3 nitrogen and oxygen atoms in total. The van der Waals surface area contributed by atoms with Crippen LogP contribution in [0.4, 0.5) is 0 Å². The van der Waals surface area contributed by atoms with E-state index in [1.807, 2.05) is 96.4 Å². The second-order valence-corrected chi connectivity index (χ2v) is 8.40. The molecule has 0 saturated carbocycles. The Hall–Kier alpha value is -2.64. The van der Waals surface area contributed by atoms with Crippen LogP contribution in [0, 0.1) is 6.92 Å². The number of benzene rings is 2. The number of aryl methyl sites for hydroxylation is 1. The lowest BCUT2D eigenvalue weighted by molar-refractivity contribution is 0.591. The fourth-order valence-corrected chi connectivity index (χ4v) is 6.10. The Morgan fingerprint density at radius 1 is 0.792 bits per heavy atom. The third-order valence-corrected chi connectivity index (χ3v) is 7.40. The zero-order valence-electron chi connectivity index (χ0n) is 13.3. The normalized spacial score (nSPS) is 11.7. The molecule has 0 radical (unpaired) electrons. The van der Waals surface area contributed by atoms with Crippen molar-refractivity contribution in [2.75, 3.05) is 0 Å². The van der Waals surface area contributed by atoms with Crippen LogP contribution in [-0.2, 0) is 4.57 Å². The van der Waals surface area contributed by atoms with Gasteiger partial charge in [0.1, 0.15) is 11.1 Å². The van der Waals surface area contributed by atoms with E-state index in [1.54, 1.807) is 0 Å². The van der Waals surface area contributed by atoms with E-state index in [-0.39, 0.29) is 0 Å². The van der Waals surface area contributed by atoms with Crippen LogP contribution in [-0.4, -0.2) is 9.38 Å². The first-order valence-corrected chi connectivity index (χ1v) is 9.57. The summed E-state index contributed by atoms with van der Waals surface area (Å²) in [5.74, 6) is 0. The third-order valence-electron chi connectivity index (χ3n) is 4.21. The average molecular weight is 332 g/mol. The molecule has 24 heavy (non-hydrogen) atoms. The summed E-state index contributed by atoms with van der Waals surface area (Å²) in [4.78, 5) is 4.62. The molecule has 118 valence electrons. The van der Waals surface area contributed by atoms with Gasteiger partial charge in [-0.15, -0.1) is 0 Å². The minimum atomic E-state index is -3.01. The van der Waals surface area contributed by atoms with E-state index >= 15 is 0 Å². The van der Waals surface area contributed by atoms with Crippen molar-refractivity contribution in [3.8, 4) is 0 Å². The fraction of sp³-hybridized carbons (Fsp3) is 0.0500. The van der Waals surface area contributed by atoms with E-state index in [2.05, 4.69) is 4.98 Å². The molecule has 0 aliphatic carbocycles. The standard InChI is InChI=1S/C20H17N2OP/c1-16-20(22-15-9-8-14-19(22)21-16)24(23,17-10-4-2-5-11-17)18-12-6-3-7-13-18/h2-15H,1H3. The molecule has 0 atom stereocenters. The molecule has 0 aliphatic rings. The molecular weight excluding hydrogens is 315 g/mol. The maximum absolute atomic E-state index is 14.5. The number of hydrogen-bond donors (Lipinski definition) is 0. The van der Waals surface area contributed by atoms with E-state index < -0.39 is 7.14 Å². The van der Waals surface area contributed by atoms with Gasteiger partial charge in [-0.3, -0.25) is 4.40 Å². The molecule has 0 saturated heterocycles. The molecule has 4 rings (SSSR count). The minimum Gasteiger partial charge on any atom is -0.307 e. The second kappa shape index (κ2) is 5.77. The summed E-state index contributed by atoms with van der Waals surface area (Å²) in [5, 5.41) is 1.65. The van der Waals surface area contributed by atoms with Crippen molar-refractivity contribution in [1.29, 1.82) is 0 Å². The van der Waals surface area contributed by atoms with Gasteiger partial charge in [0.25, 0.3) is 0 Å².